The van der Waals surface area contributed by atoms with Crippen molar-refractivity contribution >= 4 is 23.2 Å². The van der Waals surface area contributed by atoms with E-state index in [0.29, 0.717) is 10.7 Å². The first-order valence-electron chi connectivity index (χ1n) is 7.13. The lowest BCUT2D eigenvalue weighted by Crippen LogP contribution is -2.38. The van der Waals surface area contributed by atoms with Crippen LogP contribution in [0.25, 0.3) is 5.69 Å². The van der Waals surface area contributed by atoms with Crippen LogP contribution in [0, 0.1) is 5.82 Å². The summed E-state index contributed by atoms with van der Waals surface area (Å²) in [5.74, 6) is -1.22. The first-order valence-corrected chi connectivity index (χ1v) is 7.51. The molecule has 1 amide bonds. The van der Waals surface area contributed by atoms with E-state index in [1.807, 2.05) is 0 Å². The molecule has 126 valence electrons. The number of amides is 1. The van der Waals surface area contributed by atoms with E-state index in [1.165, 1.54) is 18.2 Å². The van der Waals surface area contributed by atoms with Crippen LogP contribution in [-0.2, 0) is 0 Å². The third-order valence-electron chi connectivity index (χ3n) is 3.39. The SMILES string of the molecule is O=C(Nc1cccc(Cl)c1)c1c[nH]c(=O)n(-c2ccc(F)cc2)c1=O. The number of carbonyl (C=O) groups is 1. The second-order valence-corrected chi connectivity index (χ2v) is 5.53. The van der Waals surface area contributed by atoms with Gasteiger partial charge in [-0.05, 0) is 42.5 Å². The van der Waals surface area contributed by atoms with Gasteiger partial charge in [0.1, 0.15) is 11.4 Å². The van der Waals surface area contributed by atoms with Gasteiger partial charge in [-0.2, -0.15) is 0 Å². The molecule has 0 saturated heterocycles. The molecule has 0 spiro atoms. The standard InChI is InChI=1S/C17H11ClFN3O3/c18-10-2-1-3-12(8-10)21-15(23)14-9-20-17(25)22(16(14)24)13-6-4-11(19)5-7-13/h1-9H,(H,20,25)(H,21,23). The van der Waals surface area contributed by atoms with Gasteiger partial charge in [0.25, 0.3) is 11.5 Å². The van der Waals surface area contributed by atoms with Crippen molar-refractivity contribution in [3.63, 3.8) is 0 Å². The number of halogens is 2. The van der Waals surface area contributed by atoms with Crippen LogP contribution < -0.4 is 16.6 Å². The van der Waals surface area contributed by atoms with Crippen LogP contribution in [0.2, 0.25) is 5.02 Å². The monoisotopic (exact) mass is 359 g/mol. The van der Waals surface area contributed by atoms with Crippen LogP contribution in [0.1, 0.15) is 10.4 Å². The highest BCUT2D eigenvalue weighted by atomic mass is 35.5. The number of aromatic amines is 1. The summed E-state index contributed by atoms with van der Waals surface area (Å²) >= 11 is 5.85. The number of nitrogens with one attached hydrogen (secondary N) is 2. The highest BCUT2D eigenvalue weighted by molar-refractivity contribution is 6.30. The van der Waals surface area contributed by atoms with Crippen LogP contribution in [-0.4, -0.2) is 15.5 Å². The molecule has 0 aliphatic carbocycles. The van der Waals surface area contributed by atoms with Gasteiger partial charge >= 0.3 is 5.69 Å². The second kappa shape index (κ2) is 6.74. The molecule has 6 nitrogen and oxygen atoms in total. The minimum absolute atomic E-state index is 0.144. The van der Waals surface area contributed by atoms with E-state index in [2.05, 4.69) is 10.3 Å². The number of benzene rings is 2. The van der Waals surface area contributed by atoms with Gasteiger partial charge in [-0.15, -0.1) is 0 Å². The van der Waals surface area contributed by atoms with Crippen molar-refractivity contribution in [2.24, 2.45) is 0 Å². The lowest BCUT2D eigenvalue weighted by atomic mass is 10.2. The van der Waals surface area contributed by atoms with E-state index in [9.17, 15) is 18.8 Å². The average molecular weight is 360 g/mol. The molecule has 0 aliphatic heterocycles. The van der Waals surface area contributed by atoms with E-state index in [4.69, 9.17) is 11.6 Å². The van der Waals surface area contributed by atoms with E-state index >= 15 is 0 Å². The third-order valence-corrected chi connectivity index (χ3v) is 3.62. The molecule has 2 aromatic carbocycles. The first-order chi connectivity index (χ1) is 12.0. The van der Waals surface area contributed by atoms with Gasteiger partial charge in [0.15, 0.2) is 0 Å². The Morgan fingerprint density at radius 3 is 2.52 bits per heavy atom. The normalized spacial score (nSPS) is 10.5. The number of hydrogen-bond donors (Lipinski definition) is 2. The minimum Gasteiger partial charge on any atom is -0.322 e. The maximum atomic E-state index is 13.0. The summed E-state index contributed by atoms with van der Waals surface area (Å²) in [7, 11) is 0. The summed E-state index contributed by atoms with van der Waals surface area (Å²) in [5.41, 5.74) is -1.30. The highest BCUT2D eigenvalue weighted by Crippen LogP contribution is 2.15. The Hall–Kier alpha value is -3.19. The Bertz CT molecular complexity index is 1060. The van der Waals surface area contributed by atoms with Gasteiger partial charge in [0, 0.05) is 16.9 Å². The largest absolute Gasteiger partial charge is 0.333 e. The van der Waals surface area contributed by atoms with Gasteiger partial charge in [-0.25, -0.2) is 13.8 Å². The zero-order valence-corrected chi connectivity index (χ0v) is 13.4. The second-order valence-electron chi connectivity index (χ2n) is 5.09. The number of H-pyrrole nitrogens is 1. The van der Waals surface area contributed by atoms with Crippen molar-refractivity contribution in [2.75, 3.05) is 5.32 Å². The lowest BCUT2D eigenvalue weighted by molar-refractivity contribution is 0.102. The summed E-state index contributed by atoms with van der Waals surface area (Å²) in [6.07, 6.45) is 1.03. The molecule has 3 rings (SSSR count). The highest BCUT2D eigenvalue weighted by Gasteiger charge is 2.16. The smallest absolute Gasteiger partial charge is 0.322 e. The quantitative estimate of drug-likeness (QED) is 0.753. The molecule has 1 aromatic heterocycles. The maximum absolute atomic E-state index is 13.0. The Morgan fingerprint density at radius 1 is 1.12 bits per heavy atom. The zero-order chi connectivity index (χ0) is 18.0. The molecular formula is C17H11ClFN3O3. The van der Waals surface area contributed by atoms with Gasteiger partial charge in [0.2, 0.25) is 0 Å². The predicted octanol–water partition coefficient (Wildman–Crippen LogP) is 2.57. The van der Waals surface area contributed by atoms with E-state index < -0.39 is 23.0 Å². The number of nitrogens with zero attached hydrogens (tertiary/aromatic N) is 1. The molecule has 0 atom stereocenters. The fraction of sp³-hybridized carbons (Fsp3) is 0. The van der Waals surface area contributed by atoms with Crippen molar-refractivity contribution in [1.82, 2.24) is 9.55 Å². The average Bonchev–Trinajstić information content (AvgIpc) is 2.56. The Balaban J connectivity index is 2.02. The van der Waals surface area contributed by atoms with Crippen molar-refractivity contribution < 1.29 is 9.18 Å². The Labute approximate surface area is 145 Å². The van der Waals surface area contributed by atoms with Gasteiger partial charge in [-0.3, -0.25) is 9.59 Å². The van der Waals surface area contributed by atoms with Gasteiger partial charge in [-0.1, -0.05) is 17.7 Å². The topological polar surface area (TPSA) is 84.0 Å². The molecule has 0 fully saturated rings. The zero-order valence-electron chi connectivity index (χ0n) is 12.6. The summed E-state index contributed by atoms with van der Waals surface area (Å²) in [5, 5.41) is 2.95. The molecule has 3 aromatic rings. The van der Waals surface area contributed by atoms with Gasteiger partial charge < -0.3 is 10.3 Å². The Morgan fingerprint density at radius 2 is 1.84 bits per heavy atom. The first kappa shape index (κ1) is 16.7. The van der Waals surface area contributed by atoms with E-state index in [0.717, 1.165) is 22.9 Å². The molecule has 0 bridgehead atoms. The van der Waals surface area contributed by atoms with E-state index in [-0.39, 0.29) is 11.3 Å². The number of hydrogen-bond acceptors (Lipinski definition) is 3. The Kier molecular flexibility index (Phi) is 4.49. The molecule has 25 heavy (non-hydrogen) atoms. The summed E-state index contributed by atoms with van der Waals surface area (Å²) in [4.78, 5) is 39.2. The molecular weight excluding hydrogens is 349 g/mol. The van der Waals surface area contributed by atoms with Crippen LogP contribution in [0.15, 0.2) is 64.3 Å². The van der Waals surface area contributed by atoms with E-state index in [1.54, 1.807) is 18.2 Å². The van der Waals surface area contributed by atoms with Crippen LogP contribution in [0.4, 0.5) is 10.1 Å². The van der Waals surface area contributed by atoms with Crippen LogP contribution in [0.5, 0.6) is 0 Å². The molecule has 0 radical (unpaired) electrons. The summed E-state index contributed by atoms with van der Waals surface area (Å²) < 4.78 is 13.8. The molecule has 2 N–H and O–H groups in total. The van der Waals surface area contributed by atoms with Crippen molar-refractivity contribution in [1.29, 1.82) is 0 Å². The molecule has 8 heteroatoms. The molecule has 0 aliphatic rings. The van der Waals surface area contributed by atoms with Crippen molar-refractivity contribution in [2.45, 2.75) is 0 Å². The number of carbonyl (C=O) groups excluding carboxylic acids is 1. The van der Waals surface area contributed by atoms with Crippen molar-refractivity contribution in [3.05, 3.63) is 92.0 Å². The minimum atomic E-state index is -0.824. The number of anilines is 1. The van der Waals surface area contributed by atoms with Crippen LogP contribution >= 0.6 is 11.6 Å². The van der Waals surface area contributed by atoms with Gasteiger partial charge in [0.05, 0.1) is 5.69 Å². The predicted molar refractivity (Wildman–Crippen MR) is 92.0 cm³/mol. The molecule has 1 heterocycles. The summed E-state index contributed by atoms with van der Waals surface area (Å²) in [6.45, 7) is 0. The van der Waals surface area contributed by atoms with Crippen LogP contribution in [0.3, 0.4) is 0 Å². The maximum Gasteiger partial charge on any atom is 0.333 e. The number of aromatic nitrogens is 2. The molecule has 0 saturated carbocycles. The summed E-state index contributed by atoms with van der Waals surface area (Å²) in [6, 6.07) is 11.2. The fourth-order valence-electron chi connectivity index (χ4n) is 2.22. The number of rotatable bonds is 3. The van der Waals surface area contributed by atoms with Crippen molar-refractivity contribution in [3.8, 4) is 5.69 Å². The lowest BCUT2D eigenvalue weighted by Gasteiger charge is -2.08. The third kappa shape index (κ3) is 3.51. The fourth-order valence-corrected chi connectivity index (χ4v) is 2.42. The molecule has 0 unspecified atom stereocenters.